The van der Waals surface area contributed by atoms with Crippen LogP contribution in [0.25, 0.3) is 6.08 Å². The molecule has 2 aromatic carbocycles. The van der Waals surface area contributed by atoms with Crippen molar-refractivity contribution in [1.29, 1.82) is 0 Å². The molecule has 2 amide bonds. The van der Waals surface area contributed by atoms with Gasteiger partial charge in [-0.25, -0.2) is 5.43 Å². The molecule has 2 aromatic rings. The number of allylic oxidation sites excluding steroid dienone is 1. The molecule has 0 aromatic heterocycles. The Bertz CT molecular complexity index is 814. The first-order valence-corrected chi connectivity index (χ1v) is 8.07. The van der Waals surface area contributed by atoms with Crippen LogP contribution < -0.4 is 15.5 Å². The van der Waals surface area contributed by atoms with Crippen molar-refractivity contribution in [2.75, 3.05) is 13.7 Å². The van der Waals surface area contributed by atoms with Crippen LogP contribution in [-0.4, -0.2) is 31.2 Å². The minimum Gasteiger partial charge on any atom is -0.497 e. The molecule has 26 heavy (non-hydrogen) atoms. The van der Waals surface area contributed by atoms with Gasteiger partial charge in [0.2, 0.25) is 0 Å². The van der Waals surface area contributed by atoms with Gasteiger partial charge in [-0.1, -0.05) is 42.5 Å². The summed E-state index contributed by atoms with van der Waals surface area (Å²) in [6.45, 7) is 1.60. The first kappa shape index (κ1) is 18.9. The topological polar surface area (TPSA) is 79.8 Å². The van der Waals surface area contributed by atoms with Crippen LogP contribution in [0.5, 0.6) is 5.75 Å². The van der Waals surface area contributed by atoms with Gasteiger partial charge in [0.15, 0.2) is 0 Å². The number of carbonyl (C=O) groups is 2. The van der Waals surface area contributed by atoms with Crippen LogP contribution >= 0.6 is 0 Å². The second kappa shape index (κ2) is 9.78. The zero-order valence-electron chi connectivity index (χ0n) is 14.7. The average Bonchev–Trinajstić information content (AvgIpc) is 2.69. The van der Waals surface area contributed by atoms with E-state index in [2.05, 4.69) is 15.8 Å². The summed E-state index contributed by atoms with van der Waals surface area (Å²) in [4.78, 5) is 23.8. The van der Waals surface area contributed by atoms with Crippen molar-refractivity contribution in [3.8, 4) is 5.75 Å². The minimum absolute atomic E-state index is 0.171. The molecular weight excluding hydrogens is 330 g/mol. The quantitative estimate of drug-likeness (QED) is 0.594. The Morgan fingerprint density at radius 1 is 1.12 bits per heavy atom. The molecule has 0 aliphatic carbocycles. The van der Waals surface area contributed by atoms with Gasteiger partial charge in [-0.15, -0.1) is 0 Å². The molecule has 0 spiro atoms. The monoisotopic (exact) mass is 351 g/mol. The third kappa shape index (κ3) is 6.24. The number of hydrogen-bond donors (Lipinski definition) is 2. The van der Waals surface area contributed by atoms with E-state index in [1.54, 1.807) is 37.3 Å². The van der Waals surface area contributed by atoms with Crippen molar-refractivity contribution < 1.29 is 14.3 Å². The van der Waals surface area contributed by atoms with Crippen LogP contribution in [0.1, 0.15) is 22.8 Å². The summed E-state index contributed by atoms with van der Waals surface area (Å²) in [5, 5.41) is 6.51. The van der Waals surface area contributed by atoms with Crippen LogP contribution in [0.4, 0.5) is 0 Å². The van der Waals surface area contributed by atoms with Gasteiger partial charge < -0.3 is 10.1 Å². The van der Waals surface area contributed by atoms with Gasteiger partial charge in [-0.05, 0) is 36.8 Å². The lowest BCUT2D eigenvalue weighted by Crippen LogP contribution is -2.35. The Balaban J connectivity index is 1.80. The number of rotatable bonds is 7. The highest BCUT2D eigenvalue weighted by Gasteiger charge is 2.08. The summed E-state index contributed by atoms with van der Waals surface area (Å²) in [6.07, 6.45) is 3.69. The van der Waals surface area contributed by atoms with Gasteiger partial charge in [-0.3, -0.25) is 9.59 Å². The Morgan fingerprint density at radius 3 is 2.62 bits per heavy atom. The fraction of sp³-hybridized carbons (Fsp3) is 0.150. The van der Waals surface area contributed by atoms with Crippen molar-refractivity contribution >= 4 is 23.6 Å². The number of hydrazone groups is 1. The zero-order chi connectivity index (χ0) is 18.8. The Hall–Kier alpha value is -3.41. The third-order valence-electron chi connectivity index (χ3n) is 3.41. The molecule has 134 valence electrons. The molecule has 0 fully saturated rings. The number of amides is 2. The molecule has 2 N–H and O–H groups in total. The summed E-state index contributed by atoms with van der Waals surface area (Å²) in [5.41, 5.74) is 4.51. The summed E-state index contributed by atoms with van der Waals surface area (Å²) in [6, 6.07) is 16.5. The molecule has 0 radical (unpaired) electrons. The van der Waals surface area contributed by atoms with E-state index in [-0.39, 0.29) is 12.5 Å². The fourth-order valence-electron chi connectivity index (χ4n) is 2.04. The normalized spacial score (nSPS) is 11.2. The summed E-state index contributed by atoms with van der Waals surface area (Å²) in [7, 11) is 1.52. The van der Waals surface area contributed by atoms with Gasteiger partial charge in [-0.2, -0.15) is 5.10 Å². The molecule has 0 saturated heterocycles. The molecule has 6 nitrogen and oxygen atoms in total. The van der Waals surface area contributed by atoms with Crippen LogP contribution in [0.3, 0.4) is 0 Å². The van der Waals surface area contributed by atoms with E-state index in [0.29, 0.717) is 17.0 Å². The first-order valence-electron chi connectivity index (χ1n) is 8.07. The van der Waals surface area contributed by atoms with Crippen molar-refractivity contribution in [2.45, 2.75) is 6.92 Å². The molecule has 0 saturated carbocycles. The van der Waals surface area contributed by atoms with Crippen molar-refractivity contribution in [3.05, 3.63) is 71.8 Å². The van der Waals surface area contributed by atoms with Gasteiger partial charge in [0, 0.05) is 5.56 Å². The molecule has 2 rings (SSSR count). The van der Waals surface area contributed by atoms with E-state index in [0.717, 1.165) is 5.56 Å². The smallest absolute Gasteiger partial charge is 0.259 e. The van der Waals surface area contributed by atoms with Crippen molar-refractivity contribution in [1.82, 2.24) is 10.7 Å². The highest BCUT2D eigenvalue weighted by atomic mass is 16.5. The molecule has 0 bridgehead atoms. The number of carbonyl (C=O) groups excluding carboxylic acids is 2. The number of nitrogens with one attached hydrogen (secondary N) is 2. The maximum atomic E-state index is 12.0. The fourth-order valence-corrected chi connectivity index (χ4v) is 2.04. The van der Waals surface area contributed by atoms with Gasteiger partial charge in [0.05, 0.1) is 19.4 Å². The minimum atomic E-state index is -0.409. The number of benzene rings is 2. The van der Waals surface area contributed by atoms with E-state index in [1.165, 1.54) is 7.11 Å². The van der Waals surface area contributed by atoms with E-state index < -0.39 is 5.91 Å². The highest BCUT2D eigenvalue weighted by Crippen LogP contribution is 2.12. The number of ether oxygens (including phenoxy) is 1. The molecule has 0 heterocycles. The van der Waals surface area contributed by atoms with Crippen molar-refractivity contribution in [2.24, 2.45) is 5.10 Å². The third-order valence-corrected chi connectivity index (χ3v) is 3.41. The summed E-state index contributed by atoms with van der Waals surface area (Å²) in [5.74, 6) is -0.190. The number of nitrogens with zero attached hydrogens (tertiary/aromatic N) is 1. The van der Waals surface area contributed by atoms with Crippen molar-refractivity contribution in [3.63, 3.8) is 0 Å². The average molecular weight is 351 g/mol. The maximum Gasteiger partial charge on any atom is 0.259 e. The molecule has 0 unspecified atom stereocenters. The van der Waals surface area contributed by atoms with E-state index >= 15 is 0 Å². The molecule has 0 aliphatic rings. The van der Waals surface area contributed by atoms with E-state index in [9.17, 15) is 9.59 Å². The van der Waals surface area contributed by atoms with Gasteiger partial charge in [0.25, 0.3) is 11.8 Å². The van der Waals surface area contributed by atoms with Crippen LogP contribution in [0, 0.1) is 0 Å². The molecule has 0 aliphatic heterocycles. The standard InChI is InChI=1S/C20H21N3O3/c1-15(11-12-16-7-4-3-5-8-16)22-23-19(24)14-21-20(25)17-9-6-10-18(13-17)26-2/h3-13H,14H2,1-2H3,(H,21,25)(H,23,24)/b12-11+,22-15+. The second-order valence-electron chi connectivity index (χ2n) is 5.45. The Kier molecular flexibility index (Phi) is 7.12. The Morgan fingerprint density at radius 2 is 1.88 bits per heavy atom. The second-order valence-corrected chi connectivity index (χ2v) is 5.45. The Labute approximate surface area is 152 Å². The SMILES string of the molecule is COc1cccc(C(=O)NCC(=O)N/N=C(C)/C=C/c2ccccc2)c1. The molecule has 0 atom stereocenters. The predicted molar refractivity (Wildman–Crippen MR) is 102 cm³/mol. The lowest BCUT2D eigenvalue weighted by atomic mass is 10.2. The molecular formula is C20H21N3O3. The van der Waals surface area contributed by atoms with E-state index in [4.69, 9.17) is 4.74 Å². The predicted octanol–water partition coefficient (Wildman–Crippen LogP) is 2.63. The maximum absolute atomic E-state index is 12.0. The largest absolute Gasteiger partial charge is 0.497 e. The van der Waals surface area contributed by atoms with Crippen LogP contribution in [0.2, 0.25) is 0 Å². The zero-order valence-corrected chi connectivity index (χ0v) is 14.7. The first-order chi connectivity index (χ1) is 12.6. The van der Waals surface area contributed by atoms with Gasteiger partial charge in [0.1, 0.15) is 5.75 Å². The lowest BCUT2D eigenvalue weighted by Gasteiger charge is -2.06. The summed E-state index contributed by atoms with van der Waals surface area (Å²) >= 11 is 0. The number of hydrogen-bond acceptors (Lipinski definition) is 4. The number of methoxy groups -OCH3 is 1. The van der Waals surface area contributed by atoms with Crippen LogP contribution in [0.15, 0.2) is 65.8 Å². The van der Waals surface area contributed by atoms with E-state index in [1.807, 2.05) is 36.4 Å². The lowest BCUT2D eigenvalue weighted by molar-refractivity contribution is -0.120. The molecule has 6 heteroatoms. The summed E-state index contributed by atoms with van der Waals surface area (Å²) < 4.78 is 5.07. The van der Waals surface area contributed by atoms with Crippen LogP contribution in [-0.2, 0) is 4.79 Å². The highest BCUT2D eigenvalue weighted by molar-refractivity contribution is 5.98. The van der Waals surface area contributed by atoms with Gasteiger partial charge >= 0.3 is 0 Å².